The quantitative estimate of drug-likeness (QED) is 0.385. The van der Waals surface area contributed by atoms with Gasteiger partial charge in [0.2, 0.25) is 0 Å². The smallest absolute Gasteiger partial charge is 0.416 e. The van der Waals surface area contributed by atoms with Gasteiger partial charge in [0.25, 0.3) is 11.6 Å². The minimum atomic E-state index is -4.55. The number of hydrogen-bond acceptors (Lipinski definition) is 7. The minimum absolute atomic E-state index is 0.0705. The van der Waals surface area contributed by atoms with Crippen molar-refractivity contribution >= 4 is 40.0 Å². The Balaban J connectivity index is 1.56. The number of carbonyl (C=O) groups excluding carboxylic acids is 2. The standard InChI is InChI=1S/C22H16F3N3O4S/c1-11-18-15(10-16(17-7-4-8-33-17)27-20(18)32-28-11)21(30)31-12(2)19(29)26-14-6-3-5-13(9-14)22(23,24)25/h3-10,12H,1-2H3,(H,26,29)/t12-/m1/s1. The molecule has 0 bridgehead atoms. The number of thiophene rings is 1. The van der Waals surface area contributed by atoms with Gasteiger partial charge in [-0.3, -0.25) is 4.79 Å². The monoisotopic (exact) mass is 475 g/mol. The third-order valence-corrected chi connectivity index (χ3v) is 5.61. The van der Waals surface area contributed by atoms with Crippen molar-refractivity contribution in [2.45, 2.75) is 26.1 Å². The molecule has 4 aromatic rings. The molecule has 0 fully saturated rings. The zero-order valence-corrected chi connectivity index (χ0v) is 18.1. The molecule has 1 atom stereocenters. The van der Waals surface area contributed by atoms with E-state index in [2.05, 4.69) is 15.5 Å². The number of benzene rings is 1. The van der Waals surface area contributed by atoms with Gasteiger partial charge in [-0.1, -0.05) is 17.3 Å². The van der Waals surface area contributed by atoms with Crippen LogP contribution in [0.25, 0.3) is 21.7 Å². The van der Waals surface area contributed by atoms with E-state index in [1.54, 1.807) is 6.92 Å². The summed E-state index contributed by atoms with van der Waals surface area (Å²) in [5.41, 5.74) is 0.171. The highest BCUT2D eigenvalue weighted by Gasteiger charge is 2.31. The number of fused-ring (bicyclic) bond motifs is 1. The van der Waals surface area contributed by atoms with Gasteiger partial charge in [0, 0.05) is 5.69 Å². The maximum atomic E-state index is 12.9. The molecule has 170 valence electrons. The van der Waals surface area contributed by atoms with Crippen molar-refractivity contribution in [1.29, 1.82) is 0 Å². The third kappa shape index (κ3) is 4.72. The summed E-state index contributed by atoms with van der Waals surface area (Å²) in [7, 11) is 0. The van der Waals surface area contributed by atoms with Gasteiger partial charge in [0.05, 0.1) is 32.8 Å². The summed E-state index contributed by atoms with van der Waals surface area (Å²) < 4.78 is 49.2. The molecule has 7 nitrogen and oxygen atoms in total. The Kier molecular flexibility index (Phi) is 5.90. The molecule has 11 heteroatoms. The molecular weight excluding hydrogens is 459 g/mol. The lowest BCUT2D eigenvalue weighted by Crippen LogP contribution is -2.30. The lowest BCUT2D eigenvalue weighted by molar-refractivity contribution is -0.137. The molecule has 1 aromatic carbocycles. The molecule has 33 heavy (non-hydrogen) atoms. The maximum absolute atomic E-state index is 12.9. The van der Waals surface area contributed by atoms with E-state index in [9.17, 15) is 22.8 Å². The number of halogens is 3. The van der Waals surface area contributed by atoms with Crippen molar-refractivity contribution in [3.8, 4) is 10.6 Å². The summed E-state index contributed by atoms with van der Waals surface area (Å²) in [6.07, 6.45) is -5.84. The van der Waals surface area contributed by atoms with Crippen LogP contribution in [0.5, 0.6) is 0 Å². The Morgan fingerprint density at radius 3 is 2.67 bits per heavy atom. The minimum Gasteiger partial charge on any atom is -0.449 e. The van der Waals surface area contributed by atoms with Gasteiger partial charge in [0.15, 0.2) is 6.10 Å². The van der Waals surface area contributed by atoms with Crippen molar-refractivity contribution in [2.24, 2.45) is 0 Å². The van der Waals surface area contributed by atoms with Gasteiger partial charge in [0.1, 0.15) is 0 Å². The van der Waals surface area contributed by atoms with Crippen molar-refractivity contribution in [3.05, 3.63) is 64.7 Å². The average Bonchev–Trinajstić information content (AvgIpc) is 3.43. The molecule has 0 radical (unpaired) electrons. The van der Waals surface area contributed by atoms with Gasteiger partial charge >= 0.3 is 12.1 Å². The lowest BCUT2D eigenvalue weighted by atomic mass is 10.1. The first-order chi connectivity index (χ1) is 15.6. The van der Waals surface area contributed by atoms with E-state index in [1.807, 2.05) is 17.5 Å². The highest BCUT2D eigenvalue weighted by molar-refractivity contribution is 7.13. The van der Waals surface area contributed by atoms with Gasteiger partial charge in [-0.25, -0.2) is 9.78 Å². The average molecular weight is 475 g/mol. The Morgan fingerprint density at radius 2 is 1.97 bits per heavy atom. The van der Waals surface area contributed by atoms with Gasteiger partial charge in [-0.15, -0.1) is 11.3 Å². The number of esters is 1. The normalized spacial score (nSPS) is 12.5. The van der Waals surface area contributed by atoms with Gasteiger partial charge in [-0.2, -0.15) is 13.2 Å². The fraction of sp³-hybridized carbons (Fsp3) is 0.182. The van der Waals surface area contributed by atoms with Crippen LogP contribution in [0.4, 0.5) is 18.9 Å². The first-order valence-electron chi connectivity index (χ1n) is 9.63. The van der Waals surface area contributed by atoms with Gasteiger partial charge < -0.3 is 14.6 Å². The fourth-order valence-corrected chi connectivity index (χ4v) is 3.79. The van der Waals surface area contributed by atoms with Crippen molar-refractivity contribution < 1.29 is 32.0 Å². The van der Waals surface area contributed by atoms with Crippen LogP contribution >= 0.6 is 11.3 Å². The van der Waals surface area contributed by atoms with Crippen LogP contribution in [-0.2, 0) is 15.7 Å². The molecule has 3 aromatic heterocycles. The zero-order chi connectivity index (χ0) is 23.8. The summed E-state index contributed by atoms with van der Waals surface area (Å²) in [6.45, 7) is 2.96. The topological polar surface area (TPSA) is 94.3 Å². The van der Waals surface area contributed by atoms with Crippen molar-refractivity contribution in [1.82, 2.24) is 10.1 Å². The second-order valence-corrected chi connectivity index (χ2v) is 8.04. The molecule has 0 aliphatic heterocycles. The number of anilines is 1. The second-order valence-electron chi connectivity index (χ2n) is 7.10. The van der Waals surface area contributed by atoms with Crippen LogP contribution in [-0.4, -0.2) is 28.1 Å². The number of pyridine rings is 1. The molecule has 0 saturated carbocycles. The number of aromatic nitrogens is 2. The van der Waals surface area contributed by atoms with Crippen LogP contribution in [0.1, 0.15) is 28.5 Å². The first-order valence-corrected chi connectivity index (χ1v) is 10.5. The van der Waals surface area contributed by atoms with E-state index in [0.29, 0.717) is 16.8 Å². The molecule has 0 aliphatic carbocycles. The van der Waals surface area contributed by atoms with E-state index in [4.69, 9.17) is 9.26 Å². The van der Waals surface area contributed by atoms with Crippen LogP contribution in [0, 0.1) is 6.92 Å². The van der Waals surface area contributed by atoms with Gasteiger partial charge in [-0.05, 0) is 49.6 Å². The summed E-state index contributed by atoms with van der Waals surface area (Å²) in [5.74, 6) is -1.60. The number of nitrogens with zero attached hydrogens (tertiary/aromatic N) is 2. The Morgan fingerprint density at radius 1 is 1.18 bits per heavy atom. The lowest BCUT2D eigenvalue weighted by Gasteiger charge is -2.15. The third-order valence-electron chi connectivity index (χ3n) is 4.72. The largest absolute Gasteiger partial charge is 0.449 e. The number of ether oxygens (including phenoxy) is 1. The van der Waals surface area contributed by atoms with Crippen molar-refractivity contribution in [2.75, 3.05) is 5.32 Å². The molecular formula is C22H16F3N3O4S. The summed E-state index contributed by atoms with van der Waals surface area (Å²) >= 11 is 1.41. The van der Waals surface area contributed by atoms with Crippen LogP contribution in [0.15, 0.2) is 52.4 Å². The molecule has 1 amide bonds. The Bertz CT molecular complexity index is 1330. The number of nitrogens with one attached hydrogen (secondary N) is 1. The highest BCUT2D eigenvalue weighted by Crippen LogP contribution is 2.31. The van der Waals surface area contributed by atoms with Crippen LogP contribution < -0.4 is 5.32 Å². The Hall–Kier alpha value is -3.73. The molecule has 0 unspecified atom stereocenters. The number of amides is 1. The van der Waals surface area contributed by atoms with E-state index in [0.717, 1.165) is 17.0 Å². The first kappa shape index (κ1) is 22.5. The predicted octanol–water partition coefficient (Wildman–Crippen LogP) is 5.46. The molecule has 4 rings (SSSR count). The molecule has 3 heterocycles. The highest BCUT2D eigenvalue weighted by atomic mass is 32.1. The molecule has 0 saturated heterocycles. The summed E-state index contributed by atoms with van der Waals surface area (Å²) in [4.78, 5) is 30.6. The number of aryl methyl sites for hydroxylation is 1. The predicted molar refractivity (Wildman–Crippen MR) is 115 cm³/mol. The van der Waals surface area contributed by atoms with Crippen LogP contribution in [0.3, 0.4) is 0 Å². The van der Waals surface area contributed by atoms with Crippen LogP contribution in [0.2, 0.25) is 0 Å². The maximum Gasteiger partial charge on any atom is 0.416 e. The van der Waals surface area contributed by atoms with E-state index >= 15 is 0 Å². The second kappa shape index (κ2) is 8.66. The molecule has 0 spiro atoms. The van der Waals surface area contributed by atoms with Crippen molar-refractivity contribution in [3.63, 3.8) is 0 Å². The number of carbonyl (C=O) groups is 2. The summed E-state index contributed by atoms with van der Waals surface area (Å²) in [6, 6.07) is 9.34. The SMILES string of the molecule is Cc1noc2nc(-c3cccs3)cc(C(=O)O[C@H](C)C(=O)Nc3cccc(C(F)(F)F)c3)c12. The van der Waals surface area contributed by atoms with E-state index in [1.165, 1.54) is 36.5 Å². The molecule has 0 aliphatic rings. The molecule has 1 N–H and O–H groups in total. The zero-order valence-electron chi connectivity index (χ0n) is 17.3. The number of hydrogen-bond donors (Lipinski definition) is 1. The number of rotatable bonds is 5. The summed E-state index contributed by atoms with van der Waals surface area (Å²) in [5, 5.41) is 8.38. The fourth-order valence-electron chi connectivity index (χ4n) is 3.10. The van der Waals surface area contributed by atoms with E-state index < -0.39 is 29.7 Å². The number of alkyl halides is 3. The van der Waals surface area contributed by atoms with E-state index in [-0.39, 0.29) is 17.0 Å². The Labute approximate surface area is 189 Å².